The van der Waals surface area contributed by atoms with Gasteiger partial charge in [0.2, 0.25) is 10.0 Å². The molecule has 0 radical (unpaired) electrons. The van der Waals surface area contributed by atoms with Crippen LogP contribution in [-0.2, 0) is 16.6 Å². The Morgan fingerprint density at radius 2 is 1.70 bits per heavy atom. The van der Waals surface area contributed by atoms with Crippen molar-refractivity contribution in [2.45, 2.75) is 11.4 Å². The topological polar surface area (TPSA) is 57.6 Å². The molecule has 0 aliphatic heterocycles. The highest BCUT2D eigenvalue weighted by atomic mass is 79.9. The first kappa shape index (κ1) is 15.0. The molecule has 0 saturated carbocycles. The Morgan fingerprint density at radius 3 is 2.30 bits per heavy atom. The van der Waals surface area contributed by atoms with E-state index in [-0.39, 0.29) is 17.2 Å². The lowest BCUT2D eigenvalue weighted by atomic mass is 10.2. The number of phenolic OH excluding ortho intramolecular Hbond substituents is 1. The average Bonchev–Trinajstić information content (AvgIpc) is 2.41. The zero-order valence-electron chi connectivity index (χ0n) is 10.8. The molecule has 0 spiro atoms. The number of phenols is 1. The lowest BCUT2D eigenvalue weighted by Gasteiger charge is -2.18. The minimum Gasteiger partial charge on any atom is -0.507 e. The Hall–Kier alpha value is -1.37. The van der Waals surface area contributed by atoms with Crippen LogP contribution in [0.25, 0.3) is 0 Å². The number of rotatable bonds is 4. The first-order valence-electron chi connectivity index (χ1n) is 5.90. The summed E-state index contributed by atoms with van der Waals surface area (Å²) in [6.07, 6.45) is 0. The van der Waals surface area contributed by atoms with Gasteiger partial charge in [0.1, 0.15) is 10.6 Å². The summed E-state index contributed by atoms with van der Waals surface area (Å²) in [5.74, 6) is -0.241. The number of para-hydroxylation sites is 1. The SMILES string of the molecule is CN(Cc1ccc(Br)cc1)S(=O)(=O)c1ccccc1O. The van der Waals surface area contributed by atoms with E-state index in [4.69, 9.17) is 0 Å². The van der Waals surface area contributed by atoms with Crippen molar-refractivity contribution in [3.63, 3.8) is 0 Å². The second kappa shape index (κ2) is 5.95. The molecule has 106 valence electrons. The van der Waals surface area contributed by atoms with Crippen molar-refractivity contribution in [2.24, 2.45) is 0 Å². The fraction of sp³-hybridized carbons (Fsp3) is 0.143. The van der Waals surface area contributed by atoms with E-state index in [0.29, 0.717) is 0 Å². The molecule has 4 nitrogen and oxygen atoms in total. The quantitative estimate of drug-likeness (QED) is 0.916. The third-order valence-electron chi connectivity index (χ3n) is 2.87. The Morgan fingerprint density at radius 1 is 1.10 bits per heavy atom. The third kappa shape index (κ3) is 3.20. The van der Waals surface area contributed by atoms with Crippen molar-refractivity contribution in [2.75, 3.05) is 7.05 Å². The van der Waals surface area contributed by atoms with E-state index in [2.05, 4.69) is 15.9 Å². The summed E-state index contributed by atoms with van der Waals surface area (Å²) in [6.45, 7) is 0.240. The smallest absolute Gasteiger partial charge is 0.246 e. The Labute approximate surface area is 126 Å². The van der Waals surface area contributed by atoms with Gasteiger partial charge in [0.25, 0.3) is 0 Å². The molecule has 1 N–H and O–H groups in total. The molecule has 2 aromatic rings. The summed E-state index contributed by atoms with van der Waals surface area (Å²) in [4.78, 5) is -0.0837. The monoisotopic (exact) mass is 355 g/mol. The number of aromatic hydroxyl groups is 1. The number of hydrogen-bond acceptors (Lipinski definition) is 3. The number of nitrogens with zero attached hydrogens (tertiary/aromatic N) is 1. The molecule has 2 rings (SSSR count). The normalized spacial score (nSPS) is 11.8. The van der Waals surface area contributed by atoms with Gasteiger partial charge in [-0.05, 0) is 29.8 Å². The van der Waals surface area contributed by atoms with Crippen LogP contribution in [0.4, 0.5) is 0 Å². The summed E-state index contributed by atoms with van der Waals surface area (Å²) >= 11 is 3.33. The highest BCUT2D eigenvalue weighted by Crippen LogP contribution is 2.25. The minimum absolute atomic E-state index is 0.0837. The summed E-state index contributed by atoms with van der Waals surface area (Å²) in [5.41, 5.74) is 0.870. The van der Waals surface area contributed by atoms with Gasteiger partial charge < -0.3 is 5.11 Å². The molecule has 0 aromatic heterocycles. The fourth-order valence-corrected chi connectivity index (χ4v) is 3.28. The Kier molecular flexibility index (Phi) is 4.47. The highest BCUT2D eigenvalue weighted by Gasteiger charge is 2.23. The van der Waals surface area contributed by atoms with Gasteiger partial charge in [-0.1, -0.05) is 40.2 Å². The maximum Gasteiger partial charge on any atom is 0.246 e. The van der Waals surface area contributed by atoms with Crippen LogP contribution in [-0.4, -0.2) is 24.9 Å². The largest absolute Gasteiger partial charge is 0.507 e. The second-order valence-corrected chi connectivity index (χ2v) is 7.28. The Balaban J connectivity index is 2.26. The summed E-state index contributed by atoms with van der Waals surface area (Å²) in [7, 11) is -2.22. The van der Waals surface area contributed by atoms with Crippen molar-refractivity contribution in [1.29, 1.82) is 0 Å². The minimum atomic E-state index is -3.71. The maximum atomic E-state index is 12.4. The van der Waals surface area contributed by atoms with Gasteiger partial charge in [-0.3, -0.25) is 0 Å². The molecule has 0 unspecified atom stereocenters. The van der Waals surface area contributed by atoms with Crippen LogP contribution in [0.2, 0.25) is 0 Å². The van der Waals surface area contributed by atoms with E-state index >= 15 is 0 Å². The molecule has 2 aromatic carbocycles. The van der Waals surface area contributed by atoms with Crippen molar-refractivity contribution in [3.05, 3.63) is 58.6 Å². The molecular weight excluding hydrogens is 342 g/mol. The number of sulfonamides is 1. The zero-order chi connectivity index (χ0) is 14.8. The molecule has 0 aliphatic carbocycles. The Bertz CT molecular complexity index is 699. The molecule has 0 amide bonds. The third-order valence-corrected chi connectivity index (χ3v) is 5.25. The molecule has 0 atom stereocenters. The first-order chi connectivity index (χ1) is 9.41. The molecule has 0 fully saturated rings. The van der Waals surface area contributed by atoms with Crippen LogP contribution in [0.5, 0.6) is 5.75 Å². The number of hydrogen-bond donors (Lipinski definition) is 1. The van der Waals surface area contributed by atoms with E-state index in [1.807, 2.05) is 24.3 Å². The molecule has 0 aliphatic rings. The van der Waals surface area contributed by atoms with Gasteiger partial charge in [0.05, 0.1) is 0 Å². The lowest BCUT2D eigenvalue weighted by molar-refractivity contribution is 0.440. The van der Waals surface area contributed by atoms with Crippen LogP contribution in [0.15, 0.2) is 57.9 Å². The van der Waals surface area contributed by atoms with E-state index in [1.165, 1.54) is 23.5 Å². The maximum absolute atomic E-state index is 12.4. The predicted octanol–water partition coefficient (Wildman–Crippen LogP) is 2.98. The van der Waals surface area contributed by atoms with Gasteiger partial charge in [-0.2, -0.15) is 4.31 Å². The molecule has 0 heterocycles. The average molecular weight is 356 g/mol. The molecule has 0 bridgehead atoms. The standard InChI is InChI=1S/C14H14BrNO3S/c1-16(10-11-6-8-12(15)9-7-11)20(18,19)14-5-3-2-4-13(14)17/h2-9,17H,10H2,1H3. The van der Waals surface area contributed by atoms with E-state index < -0.39 is 10.0 Å². The van der Waals surface area contributed by atoms with E-state index in [9.17, 15) is 13.5 Å². The van der Waals surface area contributed by atoms with Crippen LogP contribution in [0, 0.1) is 0 Å². The molecule has 0 saturated heterocycles. The van der Waals surface area contributed by atoms with Crippen molar-refractivity contribution in [1.82, 2.24) is 4.31 Å². The van der Waals surface area contributed by atoms with Gasteiger partial charge in [0.15, 0.2) is 0 Å². The van der Waals surface area contributed by atoms with Crippen LogP contribution in [0.1, 0.15) is 5.56 Å². The number of benzene rings is 2. The first-order valence-corrected chi connectivity index (χ1v) is 8.13. The number of halogens is 1. The summed E-state index contributed by atoms with van der Waals surface area (Å²) in [6, 6.07) is 13.3. The fourth-order valence-electron chi connectivity index (χ4n) is 1.78. The lowest BCUT2D eigenvalue weighted by Crippen LogP contribution is -2.26. The zero-order valence-corrected chi connectivity index (χ0v) is 13.2. The van der Waals surface area contributed by atoms with Gasteiger partial charge in [-0.15, -0.1) is 0 Å². The molecule has 6 heteroatoms. The van der Waals surface area contributed by atoms with E-state index in [1.54, 1.807) is 12.1 Å². The van der Waals surface area contributed by atoms with Gasteiger partial charge in [0, 0.05) is 18.1 Å². The molecule has 20 heavy (non-hydrogen) atoms. The van der Waals surface area contributed by atoms with Crippen molar-refractivity contribution < 1.29 is 13.5 Å². The highest BCUT2D eigenvalue weighted by molar-refractivity contribution is 9.10. The predicted molar refractivity (Wildman–Crippen MR) is 80.9 cm³/mol. The van der Waals surface area contributed by atoms with E-state index in [0.717, 1.165) is 10.0 Å². The van der Waals surface area contributed by atoms with Crippen LogP contribution >= 0.6 is 15.9 Å². The molecular formula is C14H14BrNO3S. The summed E-state index contributed by atoms with van der Waals surface area (Å²) in [5, 5.41) is 9.69. The van der Waals surface area contributed by atoms with Crippen molar-refractivity contribution in [3.8, 4) is 5.75 Å². The summed E-state index contributed by atoms with van der Waals surface area (Å²) < 4.78 is 26.9. The van der Waals surface area contributed by atoms with Crippen molar-refractivity contribution >= 4 is 26.0 Å². The van der Waals surface area contributed by atoms with Gasteiger partial charge >= 0.3 is 0 Å². The van der Waals surface area contributed by atoms with Crippen LogP contribution < -0.4 is 0 Å². The van der Waals surface area contributed by atoms with Gasteiger partial charge in [-0.25, -0.2) is 8.42 Å². The second-order valence-electron chi connectivity index (χ2n) is 4.36. The van der Waals surface area contributed by atoms with Crippen LogP contribution in [0.3, 0.4) is 0 Å².